The van der Waals surface area contributed by atoms with Crippen LogP contribution in [-0.2, 0) is 6.54 Å². The lowest BCUT2D eigenvalue weighted by molar-refractivity contribution is 0.189. The number of aromatic nitrogens is 3. The number of hydrogen-bond donors (Lipinski definition) is 1. The van der Waals surface area contributed by atoms with E-state index in [0.717, 1.165) is 56.3 Å². The van der Waals surface area contributed by atoms with Gasteiger partial charge in [-0.3, -0.25) is 0 Å². The SMILES string of the molecule is CCNC(=NCc1ccnc(OC2CCCC2)c1)N1CCC(C)C(n2ccnc2)C1. The standard InChI is InChI=1S/C23H34N6O/c1-3-25-23(28-12-9-18(2)21(16-28)29-13-11-24-17-29)27-15-19-8-10-26-22(14-19)30-20-6-4-5-7-20/h8,10-11,13-14,17-18,20-21H,3-7,9,12,15-16H2,1-2H3,(H,25,27). The van der Waals surface area contributed by atoms with E-state index in [-0.39, 0.29) is 0 Å². The maximum Gasteiger partial charge on any atom is 0.213 e. The smallest absolute Gasteiger partial charge is 0.213 e. The second-order valence-corrected chi connectivity index (χ2v) is 8.49. The Bertz CT molecular complexity index is 815. The topological polar surface area (TPSA) is 67.6 Å². The van der Waals surface area contributed by atoms with E-state index in [4.69, 9.17) is 9.73 Å². The molecule has 2 unspecified atom stereocenters. The summed E-state index contributed by atoms with van der Waals surface area (Å²) < 4.78 is 8.29. The summed E-state index contributed by atoms with van der Waals surface area (Å²) >= 11 is 0. The normalized spacial score (nSPS) is 23.0. The molecule has 0 radical (unpaired) electrons. The number of piperidine rings is 1. The molecule has 0 bridgehead atoms. The number of nitrogens with zero attached hydrogens (tertiary/aromatic N) is 5. The molecule has 0 amide bonds. The van der Waals surface area contributed by atoms with Crippen molar-refractivity contribution in [3.05, 3.63) is 42.6 Å². The zero-order chi connectivity index (χ0) is 20.8. The molecule has 1 saturated heterocycles. The van der Waals surface area contributed by atoms with E-state index in [9.17, 15) is 0 Å². The lowest BCUT2D eigenvalue weighted by Crippen LogP contribution is -2.49. The predicted molar refractivity (Wildman–Crippen MR) is 119 cm³/mol. The molecule has 1 aliphatic carbocycles. The number of pyridine rings is 1. The van der Waals surface area contributed by atoms with Gasteiger partial charge in [-0.25, -0.2) is 15.0 Å². The molecule has 0 spiro atoms. The fourth-order valence-electron chi connectivity index (χ4n) is 4.48. The van der Waals surface area contributed by atoms with Gasteiger partial charge in [0.05, 0.1) is 18.9 Å². The van der Waals surface area contributed by atoms with E-state index in [1.165, 1.54) is 12.8 Å². The Balaban J connectivity index is 1.43. The first-order chi connectivity index (χ1) is 14.7. The van der Waals surface area contributed by atoms with Gasteiger partial charge in [-0.05, 0) is 56.6 Å². The third-order valence-corrected chi connectivity index (χ3v) is 6.26. The zero-order valence-electron chi connectivity index (χ0n) is 18.2. The average molecular weight is 411 g/mol. The number of likely N-dealkylation sites (tertiary alicyclic amines) is 1. The molecule has 7 heteroatoms. The molecule has 2 atom stereocenters. The van der Waals surface area contributed by atoms with Crippen LogP contribution in [0.15, 0.2) is 42.0 Å². The maximum atomic E-state index is 6.06. The van der Waals surface area contributed by atoms with Crippen molar-refractivity contribution in [1.29, 1.82) is 0 Å². The first kappa shape index (κ1) is 20.7. The summed E-state index contributed by atoms with van der Waals surface area (Å²) in [5.74, 6) is 2.32. The summed E-state index contributed by atoms with van der Waals surface area (Å²) in [7, 11) is 0. The monoisotopic (exact) mass is 410 g/mol. The number of hydrogen-bond acceptors (Lipinski definition) is 4. The minimum Gasteiger partial charge on any atom is -0.474 e. The van der Waals surface area contributed by atoms with Crippen LogP contribution in [0.4, 0.5) is 0 Å². The maximum absolute atomic E-state index is 6.06. The van der Waals surface area contributed by atoms with Crippen LogP contribution in [0.2, 0.25) is 0 Å². The van der Waals surface area contributed by atoms with Gasteiger partial charge in [-0.15, -0.1) is 0 Å². The third kappa shape index (κ3) is 5.12. The summed E-state index contributed by atoms with van der Waals surface area (Å²) in [5, 5.41) is 3.48. The first-order valence-corrected chi connectivity index (χ1v) is 11.3. The second-order valence-electron chi connectivity index (χ2n) is 8.49. The Morgan fingerprint density at radius 2 is 2.13 bits per heavy atom. The fraction of sp³-hybridized carbons (Fsp3) is 0.609. The van der Waals surface area contributed by atoms with Crippen LogP contribution < -0.4 is 10.1 Å². The Hall–Kier alpha value is -2.57. The van der Waals surface area contributed by atoms with Crippen molar-refractivity contribution < 1.29 is 4.74 Å². The first-order valence-electron chi connectivity index (χ1n) is 11.3. The highest BCUT2D eigenvalue weighted by Gasteiger charge is 2.28. The molecule has 7 nitrogen and oxygen atoms in total. The van der Waals surface area contributed by atoms with Gasteiger partial charge < -0.3 is 19.5 Å². The summed E-state index contributed by atoms with van der Waals surface area (Å²) in [4.78, 5) is 16.0. The number of ether oxygens (including phenoxy) is 1. The number of rotatable bonds is 6. The van der Waals surface area contributed by atoms with Gasteiger partial charge in [0.15, 0.2) is 5.96 Å². The largest absolute Gasteiger partial charge is 0.474 e. The molecule has 1 saturated carbocycles. The Morgan fingerprint density at radius 3 is 2.90 bits per heavy atom. The van der Waals surface area contributed by atoms with Crippen molar-refractivity contribution in [2.45, 2.75) is 64.6 Å². The van der Waals surface area contributed by atoms with Crippen molar-refractivity contribution in [2.24, 2.45) is 10.9 Å². The molecule has 2 fully saturated rings. The van der Waals surface area contributed by atoms with Crippen LogP contribution in [-0.4, -0.2) is 51.1 Å². The highest BCUT2D eigenvalue weighted by Crippen LogP contribution is 2.27. The van der Waals surface area contributed by atoms with Crippen LogP contribution in [0.3, 0.4) is 0 Å². The summed E-state index contributed by atoms with van der Waals surface area (Å²) in [6, 6.07) is 4.48. The number of imidazole rings is 1. The minimum atomic E-state index is 0.323. The van der Waals surface area contributed by atoms with Crippen molar-refractivity contribution in [2.75, 3.05) is 19.6 Å². The minimum absolute atomic E-state index is 0.323. The van der Waals surface area contributed by atoms with Crippen molar-refractivity contribution in [1.82, 2.24) is 24.8 Å². The van der Waals surface area contributed by atoms with Gasteiger partial charge in [-0.1, -0.05) is 6.92 Å². The van der Waals surface area contributed by atoms with Crippen molar-refractivity contribution >= 4 is 5.96 Å². The lowest BCUT2D eigenvalue weighted by Gasteiger charge is -2.39. The molecular formula is C23H34N6O. The molecule has 30 heavy (non-hydrogen) atoms. The van der Waals surface area contributed by atoms with Gasteiger partial charge in [-0.2, -0.15) is 0 Å². The lowest BCUT2D eigenvalue weighted by atomic mass is 9.93. The van der Waals surface area contributed by atoms with Gasteiger partial charge in [0.25, 0.3) is 0 Å². The average Bonchev–Trinajstić information content (AvgIpc) is 3.46. The number of guanidine groups is 1. The Labute approximate surface area is 179 Å². The van der Waals surface area contributed by atoms with Crippen LogP contribution in [0.1, 0.15) is 57.6 Å². The number of nitrogens with one attached hydrogen (secondary N) is 1. The van der Waals surface area contributed by atoms with Crippen molar-refractivity contribution in [3.63, 3.8) is 0 Å². The van der Waals surface area contributed by atoms with Crippen LogP contribution in [0.25, 0.3) is 0 Å². The summed E-state index contributed by atoms with van der Waals surface area (Å²) in [6.45, 7) is 7.88. The molecule has 0 aromatic carbocycles. The molecule has 4 rings (SSSR count). The van der Waals surface area contributed by atoms with Gasteiger partial charge in [0.2, 0.25) is 5.88 Å². The third-order valence-electron chi connectivity index (χ3n) is 6.26. The van der Waals surface area contributed by atoms with Gasteiger partial charge in [0, 0.05) is 44.3 Å². The van der Waals surface area contributed by atoms with Crippen LogP contribution in [0, 0.1) is 5.92 Å². The van der Waals surface area contributed by atoms with E-state index in [0.29, 0.717) is 24.6 Å². The molecule has 2 aliphatic rings. The highest BCUT2D eigenvalue weighted by molar-refractivity contribution is 5.80. The summed E-state index contributed by atoms with van der Waals surface area (Å²) in [6.07, 6.45) is 13.9. The quantitative estimate of drug-likeness (QED) is 0.582. The van der Waals surface area contributed by atoms with E-state index in [2.05, 4.69) is 44.8 Å². The molecule has 162 valence electrons. The van der Waals surface area contributed by atoms with E-state index in [1.807, 2.05) is 30.9 Å². The summed E-state index contributed by atoms with van der Waals surface area (Å²) in [5.41, 5.74) is 1.13. The van der Waals surface area contributed by atoms with E-state index in [1.54, 1.807) is 0 Å². The molecule has 2 aromatic rings. The molecule has 1 N–H and O–H groups in total. The number of aliphatic imine (C=N–C) groups is 1. The molecular weight excluding hydrogens is 376 g/mol. The predicted octanol–water partition coefficient (Wildman–Crippen LogP) is 3.65. The Kier molecular flexibility index (Phi) is 6.87. The van der Waals surface area contributed by atoms with Gasteiger partial charge in [0.1, 0.15) is 6.10 Å². The fourth-order valence-corrected chi connectivity index (χ4v) is 4.48. The molecule has 3 heterocycles. The second kappa shape index (κ2) is 9.96. The zero-order valence-corrected chi connectivity index (χ0v) is 18.2. The van der Waals surface area contributed by atoms with Crippen LogP contribution in [0.5, 0.6) is 5.88 Å². The highest BCUT2D eigenvalue weighted by atomic mass is 16.5. The Morgan fingerprint density at radius 1 is 1.27 bits per heavy atom. The van der Waals surface area contributed by atoms with Gasteiger partial charge >= 0.3 is 0 Å². The van der Waals surface area contributed by atoms with E-state index >= 15 is 0 Å². The molecule has 2 aromatic heterocycles. The van der Waals surface area contributed by atoms with E-state index < -0.39 is 0 Å². The van der Waals surface area contributed by atoms with Crippen LogP contribution >= 0.6 is 0 Å². The van der Waals surface area contributed by atoms with Crippen molar-refractivity contribution in [3.8, 4) is 5.88 Å². The molecule has 1 aliphatic heterocycles.